The molecule has 2 nitrogen and oxygen atoms in total. The van der Waals surface area contributed by atoms with Gasteiger partial charge in [0.2, 0.25) is 0 Å². The highest BCUT2D eigenvalue weighted by Crippen LogP contribution is 2.12. The van der Waals surface area contributed by atoms with Crippen molar-refractivity contribution in [3.05, 3.63) is 11.6 Å². The highest BCUT2D eigenvalue weighted by Gasteiger charge is 2.25. The third kappa shape index (κ3) is 3.96. The van der Waals surface area contributed by atoms with Gasteiger partial charge in [-0.05, 0) is 26.7 Å². The van der Waals surface area contributed by atoms with Crippen LogP contribution in [0.2, 0.25) is 0 Å². The molecule has 15 heavy (non-hydrogen) atoms. The standard InChI is InChI=1S/C13H26N2/c1-10(2)6-7-15-9-13(11(3)4)14-8-12(15)5/h6,11-14H,7-9H2,1-5H3. The number of hydrogen-bond acceptors (Lipinski definition) is 2. The fourth-order valence-electron chi connectivity index (χ4n) is 1.95. The lowest BCUT2D eigenvalue weighted by Gasteiger charge is -2.40. The van der Waals surface area contributed by atoms with Crippen molar-refractivity contribution in [2.24, 2.45) is 5.92 Å². The van der Waals surface area contributed by atoms with Crippen LogP contribution in [0.15, 0.2) is 11.6 Å². The Hall–Kier alpha value is -0.340. The summed E-state index contributed by atoms with van der Waals surface area (Å²) in [4.78, 5) is 2.58. The summed E-state index contributed by atoms with van der Waals surface area (Å²) in [5, 5.41) is 3.62. The molecule has 0 saturated carbocycles. The lowest BCUT2D eigenvalue weighted by Crippen LogP contribution is -2.57. The van der Waals surface area contributed by atoms with Crippen molar-refractivity contribution < 1.29 is 0 Å². The second kappa shape index (κ2) is 5.66. The second-order valence-corrected chi connectivity index (χ2v) is 5.34. The zero-order chi connectivity index (χ0) is 11.4. The Labute approximate surface area is 94.7 Å². The van der Waals surface area contributed by atoms with E-state index in [1.807, 2.05) is 0 Å². The van der Waals surface area contributed by atoms with Crippen LogP contribution < -0.4 is 5.32 Å². The van der Waals surface area contributed by atoms with E-state index in [-0.39, 0.29) is 0 Å². The van der Waals surface area contributed by atoms with E-state index in [2.05, 4.69) is 50.9 Å². The Balaban J connectivity index is 2.50. The lowest BCUT2D eigenvalue weighted by atomic mass is 10.00. The summed E-state index contributed by atoms with van der Waals surface area (Å²) in [6, 6.07) is 1.32. The summed E-state index contributed by atoms with van der Waals surface area (Å²) in [5.41, 5.74) is 1.42. The molecular weight excluding hydrogens is 184 g/mol. The number of allylic oxidation sites excluding steroid dienone is 1. The van der Waals surface area contributed by atoms with Gasteiger partial charge in [-0.2, -0.15) is 0 Å². The Morgan fingerprint density at radius 3 is 2.67 bits per heavy atom. The van der Waals surface area contributed by atoms with Crippen molar-refractivity contribution in [2.45, 2.75) is 46.7 Å². The molecule has 0 aromatic carbocycles. The maximum Gasteiger partial charge on any atom is 0.0218 e. The van der Waals surface area contributed by atoms with Gasteiger partial charge >= 0.3 is 0 Å². The van der Waals surface area contributed by atoms with E-state index in [0.717, 1.165) is 19.0 Å². The van der Waals surface area contributed by atoms with Gasteiger partial charge in [0.05, 0.1) is 0 Å². The van der Waals surface area contributed by atoms with Crippen molar-refractivity contribution in [2.75, 3.05) is 19.6 Å². The lowest BCUT2D eigenvalue weighted by molar-refractivity contribution is 0.136. The number of nitrogens with one attached hydrogen (secondary N) is 1. The highest BCUT2D eigenvalue weighted by atomic mass is 15.2. The van der Waals surface area contributed by atoms with E-state index in [1.54, 1.807) is 0 Å². The maximum absolute atomic E-state index is 3.62. The molecule has 0 amide bonds. The summed E-state index contributed by atoms with van der Waals surface area (Å²) in [5.74, 6) is 0.728. The highest BCUT2D eigenvalue weighted by molar-refractivity contribution is 4.97. The van der Waals surface area contributed by atoms with Crippen LogP contribution in [0.1, 0.15) is 34.6 Å². The first kappa shape index (κ1) is 12.7. The quantitative estimate of drug-likeness (QED) is 0.719. The summed E-state index contributed by atoms with van der Waals surface area (Å²) in [7, 11) is 0. The smallest absolute Gasteiger partial charge is 0.0218 e. The zero-order valence-corrected chi connectivity index (χ0v) is 10.9. The van der Waals surface area contributed by atoms with Crippen LogP contribution in [-0.4, -0.2) is 36.6 Å². The van der Waals surface area contributed by atoms with Gasteiger partial charge in [0.25, 0.3) is 0 Å². The van der Waals surface area contributed by atoms with Crippen LogP contribution in [-0.2, 0) is 0 Å². The first-order valence-corrected chi connectivity index (χ1v) is 6.11. The molecule has 2 atom stereocenters. The average molecular weight is 210 g/mol. The molecular formula is C13H26N2. The normalized spacial score (nSPS) is 28.1. The first-order chi connectivity index (χ1) is 7.00. The van der Waals surface area contributed by atoms with Crippen LogP contribution in [0, 0.1) is 5.92 Å². The van der Waals surface area contributed by atoms with Crippen molar-refractivity contribution in [3.8, 4) is 0 Å². The van der Waals surface area contributed by atoms with Crippen molar-refractivity contribution >= 4 is 0 Å². The molecule has 1 aliphatic rings. The topological polar surface area (TPSA) is 15.3 Å². The number of nitrogens with zero attached hydrogens (tertiary/aromatic N) is 1. The minimum atomic E-state index is 0.659. The summed E-state index contributed by atoms with van der Waals surface area (Å²) in [6.07, 6.45) is 2.33. The third-order valence-electron chi connectivity index (χ3n) is 3.27. The largest absolute Gasteiger partial charge is 0.311 e. The van der Waals surface area contributed by atoms with Crippen LogP contribution in [0.4, 0.5) is 0 Å². The summed E-state index contributed by atoms with van der Waals surface area (Å²) in [6.45, 7) is 14.7. The Bertz CT molecular complexity index is 217. The molecule has 0 bridgehead atoms. The van der Waals surface area contributed by atoms with Crippen molar-refractivity contribution in [3.63, 3.8) is 0 Å². The molecule has 0 radical (unpaired) electrons. The molecule has 88 valence electrons. The Morgan fingerprint density at radius 1 is 1.47 bits per heavy atom. The molecule has 1 rings (SSSR count). The van der Waals surface area contributed by atoms with Gasteiger partial charge in [-0.3, -0.25) is 4.90 Å². The number of piperazine rings is 1. The van der Waals surface area contributed by atoms with Crippen LogP contribution in [0.25, 0.3) is 0 Å². The van der Waals surface area contributed by atoms with Crippen molar-refractivity contribution in [1.82, 2.24) is 10.2 Å². The molecule has 0 aliphatic carbocycles. The monoisotopic (exact) mass is 210 g/mol. The minimum absolute atomic E-state index is 0.659. The van der Waals surface area contributed by atoms with E-state index < -0.39 is 0 Å². The summed E-state index contributed by atoms with van der Waals surface area (Å²) < 4.78 is 0. The minimum Gasteiger partial charge on any atom is -0.311 e. The maximum atomic E-state index is 3.62. The zero-order valence-electron chi connectivity index (χ0n) is 10.9. The molecule has 2 unspecified atom stereocenters. The first-order valence-electron chi connectivity index (χ1n) is 6.11. The van der Waals surface area contributed by atoms with E-state index in [0.29, 0.717) is 12.1 Å². The third-order valence-corrected chi connectivity index (χ3v) is 3.27. The fourth-order valence-corrected chi connectivity index (χ4v) is 1.95. The molecule has 0 aromatic heterocycles. The Morgan fingerprint density at radius 2 is 2.13 bits per heavy atom. The van der Waals surface area contributed by atoms with Gasteiger partial charge in [-0.1, -0.05) is 25.5 Å². The van der Waals surface area contributed by atoms with Gasteiger partial charge in [0.15, 0.2) is 0 Å². The predicted octanol–water partition coefficient (Wildman–Crippen LogP) is 2.27. The van der Waals surface area contributed by atoms with E-state index in [4.69, 9.17) is 0 Å². The van der Waals surface area contributed by atoms with Crippen LogP contribution >= 0.6 is 0 Å². The predicted molar refractivity (Wildman–Crippen MR) is 67.1 cm³/mol. The summed E-state index contributed by atoms with van der Waals surface area (Å²) >= 11 is 0. The van der Waals surface area contributed by atoms with Crippen molar-refractivity contribution in [1.29, 1.82) is 0 Å². The average Bonchev–Trinajstić information content (AvgIpc) is 2.16. The van der Waals surface area contributed by atoms with Crippen LogP contribution in [0.5, 0.6) is 0 Å². The number of rotatable bonds is 3. The van der Waals surface area contributed by atoms with E-state index >= 15 is 0 Å². The van der Waals surface area contributed by atoms with Crippen LogP contribution in [0.3, 0.4) is 0 Å². The fraction of sp³-hybridized carbons (Fsp3) is 0.846. The van der Waals surface area contributed by atoms with Gasteiger partial charge in [0.1, 0.15) is 0 Å². The van der Waals surface area contributed by atoms with E-state index in [9.17, 15) is 0 Å². The van der Waals surface area contributed by atoms with Gasteiger partial charge in [-0.25, -0.2) is 0 Å². The molecule has 2 heteroatoms. The number of hydrogen-bond donors (Lipinski definition) is 1. The molecule has 1 N–H and O–H groups in total. The molecule has 0 spiro atoms. The molecule has 1 fully saturated rings. The molecule has 1 heterocycles. The molecule has 1 saturated heterocycles. The molecule has 1 aliphatic heterocycles. The van der Waals surface area contributed by atoms with E-state index in [1.165, 1.54) is 12.1 Å². The van der Waals surface area contributed by atoms with Gasteiger partial charge < -0.3 is 5.32 Å². The second-order valence-electron chi connectivity index (χ2n) is 5.34. The SMILES string of the molecule is CC(C)=CCN1CC(C(C)C)NCC1C. The van der Waals surface area contributed by atoms with Gasteiger partial charge in [-0.15, -0.1) is 0 Å². The van der Waals surface area contributed by atoms with Gasteiger partial charge in [0, 0.05) is 31.7 Å². The molecule has 0 aromatic rings. The Kier molecular flexibility index (Phi) is 4.81.